The van der Waals surface area contributed by atoms with E-state index in [4.69, 9.17) is 5.73 Å². The fourth-order valence-corrected chi connectivity index (χ4v) is 3.05. The Morgan fingerprint density at radius 3 is 2.62 bits per heavy atom. The van der Waals surface area contributed by atoms with Gasteiger partial charge in [0.15, 0.2) is 0 Å². The summed E-state index contributed by atoms with van der Waals surface area (Å²) in [4.78, 5) is 14.6. The smallest absolute Gasteiger partial charge is 0.238 e. The molecule has 0 aliphatic carbocycles. The van der Waals surface area contributed by atoms with Crippen molar-refractivity contribution in [3.05, 3.63) is 29.3 Å². The van der Waals surface area contributed by atoms with Crippen molar-refractivity contribution in [2.24, 2.45) is 11.7 Å². The lowest BCUT2D eigenvalue weighted by atomic mass is 9.93. The zero-order chi connectivity index (χ0) is 15.4. The van der Waals surface area contributed by atoms with Crippen LogP contribution in [-0.4, -0.2) is 36.5 Å². The molecule has 1 heterocycles. The number of anilines is 1. The molecule has 1 aromatic carbocycles. The predicted molar refractivity (Wildman–Crippen MR) is 87.4 cm³/mol. The second-order valence-electron chi connectivity index (χ2n) is 6.27. The van der Waals surface area contributed by atoms with E-state index >= 15 is 0 Å². The number of benzene rings is 1. The summed E-state index contributed by atoms with van der Waals surface area (Å²) in [6.07, 6.45) is 2.30. The molecule has 0 saturated carbocycles. The molecular formula is C17H27N3O. The second-order valence-corrected chi connectivity index (χ2v) is 6.27. The number of hydrogen-bond acceptors (Lipinski definition) is 3. The van der Waals surface area contributed by atoms with E-state index in [0.29, 0.717) is 25.0 Å². The molecule has 1 aliphatic heterocycles. The van der Waals surface area contributed by atoms with Gasteiger partial charge in [-0.1, -0.05) is 18.2 Å². The molecule has 0 bridgehead atoms. The molecule has 1 amide bonds. The first-order valence-electron chi connectivity index (χ1n) is 7.81. The maximum Gasteiger partial charge on any atom is 0.238 e. The minimum Gasteiger partial charge on any atom is -0.330 e. The van der Waals surface area contributed by atoms with Gasteiger partial charge in [0.2, 0.25) is 5.91 Å². The first-order chi connectivity index (χ1) is 10.0. The fraction of sp³-hybridized carbons (Fsp3) is 0.588. The number of aryl methyl sites for hydroxylation is 2. The standard InChI is InChI=1S/C17H27N3O/c1-12-5-4-6-13(2)17(12)19-16(21)11-20-10-15(9-18)8-7-14(20)3/h4-6,14-15H,7-11,18H2,1-3H3,(H,19,21). The number of nitrogens with two attached hydrogens (primary N) is 1. The van der Waals surface area contributed by atoms with Crippen LogP contribution in [0.2, 0.25) is 0 Å². The van der Waals surface area contributed by atoms with E-state index in [-0.39, 0.29) is 5.91 Å². The molecule has 0 spiro atoms. The molecule has 4 heteroatoms. The molecule has 0 aromatic heterocycles. The highest BCUT2D eigenvalue weighted by Gasteiger charge is 2.26. The minimum atomic E-state index is 0.0666. The third-order valence-electron chi connectivity index (χ3n) is 4.53. The van der Waals surface area contributed by atoms with E-state index < -0.39 is 0 Å². The van der Waals surface area contributed by atoms with E-state index in [0.717, 1.165) is 29.8 Å². The van der Waals surface area contributed by atoms with Crippen molar-refractivity contribution in [1.82, 2.24) is 4.90 Å². The molecule has 1 fully saturated rings. The normalized spacial score (nSPS) is 23.0. The summed E-state index contributed by atoms with van der Waals surface area (Å²) in [5, 5.41) is 3.07. The Hall–Kier alpha value is -1.39. The Kier molecular flexibility index (Phi) is 5.37. The molecule has 4 nitrogen and oxygen atoms in total. The van der Waals surface area contributed by atoms with Crippen LogP contribution in [0.15, 0.2) is 18.2 Å². The molecule has 1 aromatic rings. The monoisotopic (exact) mass is 289 g/mol. The molecule has 2 atom stereocenters. The molecule has 21 heavy (non-hydrogen) atoms. The van der Waals surface area contributed by atoms with E-state index in [1.807, 2.05) is 32.0 Å². The summed E-state index contributed by atoms with van der Waals surface area (Å²) >= 11 is 0. The number of amides is 1. The molecule has 2 unspecified atom stereocenters. The van der Waals surface area contributed by atoms with Gasteiger partial charge in [-0.15, -0.1) is 0 Å². The summed E-state index contributed by atoms with van der Waals surface area (Å²) in [5.41, 5.74) is 8.94. The topological polar surface area (TPSA) is 58.4 Å². The molecule has 1 saturated heterocycles. The van der Waals surface area contributed by atoms with E-state index in [9.17, 15) is 4.79 Å². The molecular weight excluding hydrogens is 262 g/mol. The van der Waals surface area contributed by atoms with Crippen molar-refractivity contribution in [3.63, 3.8) is 0 Å². The predicted octanol–water partition coefficient (Wildman–Crippen LogP) is 2.30. The van der Waals surface area contributed by atoms with Gasteiger partial charge in [0, 0.05) is 18.3 Å². The van der Waals surface area contributed by atoms with Crippen LogP contribution in [0.3, 0.4) is 0 Å². The van der Waals surface area contributed by atoms with Gasteiger partial charge in [-0.3, -0.25) is 9.69 Å². The summed E-state index contributed by atoms with van der Waals surface area (Å²) in [7, 11) is 0. The number of carbonyl (C=O) groups is 1. The third kappa shape index (κ3) is 4.05. The fourth-order valence-electron chi connectivity index (χ4n) is 3.05. The molecule has 3 N–H and O–H groups in total. The number of rotatable bonds is 4. The first-order valence-corrected chi connectivity index (χ1v) is 7.81. The number of nitrogens with one attached hydrogen (secondary N) is 1. The van der Waals surface area contributed by atoms with Crippen LogP contribution in [0.5, 0.6) is 0 Å². The minimum absolute atomic E-state index is 0.0666. The molecule has 2 rings (SSSR count). The number of para-hydroxylation sites is 1. The Bertz CT molecular complexity index is 481. The SMILES string of the molecule is Cc1cccc(C)c1NC(=O)CN1CC(CN)CCC1C. The largest absolute Gasteiger partial charge is 0.330 e. The van der Waals surface area contributed by atoms with E-state index in [1.54, 1.807) is 0 Å². The highest BCUT2D eigenvalue weighted by molar-refractivity contribution is 5.93. The highest BCUT2D eigenvalue weighted by atomic mass is 16.2. The van der Waals surface area contributed by atoms with Crippen LogP contribution in [0.1, 0.15) is 30.9 Å². The quantitative estimate of drug-likeness (QED) is 0.894. The highest BCUT2D eigenvalue weighted by Crippen LogP contribution is 2.22. The van der Waals surface area contributed by atoms with Crippen LogP contribution in [0.4, 0.5) is 5.69 Å². The number of carbonyl (C=O) groups excluding carboxylic acids is 1. The van der Waals surface area contributed by atoms with E-state index in [1.165, 1.54) is 6.42 Å². The molecule has 116 valence electrons. The van der Waals surface area contributed by atoms with Crippen LogP contribution in [0.25, 0.3) is 0 Å². The van der Waals surface area contributed by atoms with Crippen LogP contribution in [-0.2, 0) is 4.79 Å². The Morgan fingerprint density at radius 1 is 1.33 bits per heavy atom. The van der Waals surface area contributed by atoms with Gasteiger partial charge in [-0.25, -0.2) is 0 Å². The maximum absolute atomic E-state index is 12.3. The lowest BCUT2D eigenvalue weighted by Crippen LogP contribution is -2.47. The van der Waals surface area contributed by atoms with Crippen molar-refractivity contribution in [3.8, 4) is 0 Å². The lowest BCUT2D eigenvalue weighted by molar-refractivity contribution is -0.118. The average Bonchev–Trinajstić information content (AvgIpc) is 2.45. The summed E-state index contributed by atoms with van der Waals surface area (Å²) < 4.78 is 0. The summed E-state index contributed by atoms with van der Waals surface area (Å²) in [6.45, 7) is 8.33. The van der Waals surface area contributed by atoms with E-state index in [2.05, 4.69) is 17.1 Å². The Balaban J connectivity index is 1.98. The Morgan fingerprint density at radius 2 is 2.00 bits per heavy atom. The molecule has 0 radical (unpaired) electrons. The number of hydrogen-bond donors (Lipinski definition) is 2. The Labute approximate surface area is 127 Å². The summed E-state index contributed by atoms with van der Waals surface area (Å²) in [6, 6.07) is 6.52. The van der Waals surface area contributed by atoms with Crippen LogP contribution in [0, 0.1) is 19.8 Å². The lowest BCUT2D eigenvalue weighted by Gasteiger charge is -2.37. The van der Waals surface area contributed by atoms with Crippen molar-refractivity contribution < 1.29 is 4.79 Å². The van der Waals surface area contributed by atoms with Crippen molar-refractivity contribution in [2.75, 3.05) is 25.0 Å². The van der Waals surface area contributed by atoms with Gasteiger partial charge in [-0.2, -0.15) is 0 Å². The zero-order valence-electron chi connectivity index (χ0n) is 13.4. The number of likely N-dealkylation sites (tertiary alicyclic amines) is 1. The number of nitrogens with zero attached hydrogens (tertiary/aromatic N) is 1. The molecule has 1 aliphatic rings. The van der Waals surface area contributed by atoms with Crippen LogP contribution >= 0.6 is 0 Å². The van der Waals surface area contributed by atoms with Gasteiger partial charge < -0.3 is 11.1 Å². The van der Waals surface area contributed by atoms with Gasteiger partial charge in [-0.05, 0) is 57.2 Å². The average molecular weight is 289 g/mol. The first kappa shape index (κ1) is 16.0. The second kappa shape index (κ2) is 7.05. The van der Waals surface area contributed by atoms with Crippen LogP contribution < -0.4 is 11.1 Å². The van der Waals surface area contributed by atoms with Gasteiger partial charge in [0.1, 0.15) is 0 Å². The van der Waals surface area contributed by atoms with Gasteiger partial charge >= 0.3 is 0 Å². The zero-order valence-corrected chi connectivity index (χ0v) is 13.4. The third-order valence-corrected chi connectivity index (χ3v) is 4.53. The van der Waals surface area contributed by atoms with Crippen molar-refractivity contribution >= 4 is 11.6 Å². The summed E-state index contributed by atoms with van der Waals surface area (Å²) in [5.74, 6) is 0.589. The number of piperidine rings is 1. The van der Waals surface area contributed by atoms with Crippen molar-refractivity contribution in [1.29, 1.82) is 0 Å². The maximum atomic E-state index is 12.3. The van der Waals surface area contributed by atoms with Gasteiger partial charge in [0.05, 0.1) is 6.54 Å². The van der Waals surface area contributed by atoms with Gasteiger partial charge in [0.25, 0.3) is 0 Å². The van der Waals surface area contributed by atoms with Crippen molar-refractivity contribution in [2.45, 2.75) is 39.7 Å².